The number of carboxylic acids is 2. The highest BCUT2D eigenvalue weighted by molar-refractivity contribution is 6.14. The molecule has 0 spiro atoms. The van der Waals surface area contributed by atoms with Gasteiger partial charge in [0.1, 0.15) is 35.1 Å². The van der Waals surface area contributed by atoms with E-state index in [-0.39, 0.29) is 0 Å². The van der Waals surface area contributed by atoms with Crippen molar-refractivity contribution in [1.82, 2.24) is 0 Å². The number of hydrogen-bond acceptors (Lipinski definition) is 3. The average molecular weight is 370 g/mol. The predicted molar refractivity (Wildman–Crippen MR) is 78.5 cm³/mol. The van der Waals surface area contributed by atoms with Crippen LogP contribution in [0.15, 0.2) is 36.4 Å². The summed E-state index contributed by atoms with van der Waals surface area (Å²) in [5, 5.41) is 18.5. The van der Waals surface area contributed by atoms with E-state index in [1.165, 1.54) is 0 Å². The number of rotatable bonds is 6. The van der Waals surface area contributed by atoms with Crippen molar-refractivity contribution in [2.24, 2.45) is 0 Å². The number of carbonyl (C=O) groups is 3. The minimum absolute atomic E-state index is 0.668. The first-order valence-corrected chi connectivity index (χ1v) is 7.04. The van der Waals surface area contributed by atoms with Crippen LogP contribution in [-0.2, 0) is 14.4 Å². The van der Waals surface area contributed by atoms with Crippen LogP contribution in [0.5, 0.6) is 0 Å². The summed E-state index contributed by atoms with van der Waals surface area (Å²) in [4.78, 5) is 35.4. The zero-order valence-corrected chi connectivity index (χ0v) is 12.7. The van der Waals surface area contributed by atoms with E-state index >= 15 is 0 Å². The first-order chi connectivity index (χ1) is 12.2. The van der Waals surface area contributed by atoms with Crippen molar-refractivity contribution in [3.8, 4) is 0 Å². The van der Waals surface area contributed by atoms with Crippen molar-refractivity contribution in [2.45, 2.75) is 11.8 Å². The monoisotopic (exact) mass is 370 g/mol. The third-order valence-electron chi connectivity index (χ3n) is 3.64. The molecule has 0 saturated carbocycles. The van der Waals surface area contributed by atoms with Crippen molar-refractivity contribution in [3.63, 3.8) is 0 Å². The number of Topliss-reactive ketones (excluding diaryl/α,β-unsaturated/α-hetero) is 1. The van der Waals surface area contributed by atoms with Crippen LogP contribution in [0.2, 0.25) is 0 Å². The molecule has 0 aromatic heterocycles. The summed E-state index contributed by atoms with van der Waals surface area (Å²) >= 11 is 0. The molecule has 0 fully saturated rings. The number of hydrogen-bond donors (Lipinski definition) is 2. The maximum Gasteiger partial charge on any atom is 0.318 e. The minimum atomic E-state index is -2.61. The number of benzene rings is 2. The van der Waals surface area contributed by atoms with Crippen LogP contribution < -0.4 is 0 Å². The number of halogens is 4. The summed E-state index contributed by atoms with van der Waals surface area (Å²) < 4.78 is 55.6. The Kier molecular flexibility index (Phi) is 5.39. The largest absolute Gasteiger partial charge is 0.480 e. The maximum absolute atomic E-state index is 13.9. The van der Waals surface area contributed by atoms with Gasteiger partial charge in [0.2, 0.25) is 0 Å². The van der Waals surface area contributed by atoms with Gasteiger partial charge in [0.25, 0.3) is 0 Å². The van der Waals surface area contributed by atoms with Crippen LogP contribution in [-0.4, -0.2) is 27.9 Å². The van der Waals surface area contributed by atoms with Gasteiger partial charge in [-0.05, 0) is 24.3 Å². The minimum Gasteiger partial charge on any atom is -0.480 e. The van der Waals surface area contributed by atoms with E-state index in [1.807, 2.05) is 0 Å². The molecule has 0 amide bonds. The van der Waals surface area contributed by atoms with Gasteiger partial charge < -0.3 is 10.2 Å². The fourth-order valence-corrected chi connectivity index (χ4v) is 2.51. The Morgan fingerprint density at radius 3 is 1.15 bits per heavy atom. The molecule has 0 radical (unpaired) electrons. The normalized spacial score (nSPS) is 13.1. The molecule has 9 heteroatoms. The van der Waals surface area contributed by atoms with Crippen LogP contribution in [0.3, 0.4) is 0 Å². The second-order valence-electron chi connectivity index (χ2n) is 5.22. The first-order valence-electron chi connectivity index (χ1n) is 7.04. The molecule has 2 aromatic carbocycles. The van der Waals surface area contributed by atoms with Gasteiger partial charge >= 0.3 is 11.9 Å². The predicted octanol–water partition coefficient (Wildman–Crippen LogP) is 2.85. The standard InChI is InChI=1S/C17H10F4O5/c18-7-3-1-4-8(19)11(7)13(16(23)24)15(22)14(17(25)26)12-9(20)5-2-6-10(12)21/h1-6,13-14H,(H,23,24)(H,25,26). The number of carbonyl (C=O) groups excluding carboxylic acids is 1. The Labute approximate surface area is 143 Å². The highest BCUT2D eigenvalue weighted by atomic mass is 19.1. The Morgan fingerprint density at radius 1 is 0.654 bits per heavy atom. The lowest BCUT2D eigenvalue weighted by atomic mass is 9.83. The van der Waals surface area contributed by atoms with E-state index in [0.29, 0.717) is 24.3 Å². The molecule has 2 N–H and O–H groups in total. The Morgan fingerprint density at radius 2 is 0.923 bits per heavy atom. The van der Waals surface area contributed by atoms with Gasteiger partial charge in [-0.1, -0.05) is 12.1 Å². The summed E-state index contributed by atoms with van der Waals surface area (Å²) in [6, 6.07) is 4.48. The Hall–Kier alpha value is -3.23. The summed E-state index contributed by atoms with van der Waals surface area (Å²) in [7, 11) is 0. The molecule has 2 rings (SSSR count). The molecule has 0 saturated heterocycles. The van der Waals surface area contributed by atoms with Crippen LogP contribution in [0.4, 0.5) is 17.6 Å². The molecule has 0 aliphatic rings. The highest BCUT2D eigenvalue weighted by Crippen LogP contribution is 2.32. The molecule has 2 unspecified atom stereocenters. The van der Waals surface area contributed by atoms with Crippen molar-refractivity contribution in [3.05, 3.63) is 70.8 Å². The summed E-state index contributed by atoms with van der Waals surface area (Å²) in [6.07, 6.45) is 0. The fraction of sp³-hybridized carbons (Fsp3) is 0.118. The second-order valence-corrected chi connectivity index (χ2v) is 5.22. The van der Waals surface area contributed by atoms with Crippen LogP contribution >= 0.6 is 0 Å². The van der Waals surface area contributed by atoms with E-state index in [1.54, 1.807) is 0 Å². The molecule has 5 nitrogen and oxygen atoms in total. The lowest BCUT2D eigenvalue weighted by molar-refractivity contribution is -0.147. The summed E-state index contributed by atoms with van der Waals surface area (Å²) in [5.41, 5.74) is -2.43. The zero-order valence-electron chi connectivity index (χ0n) is 12.7. The van der Waals surface area contributed by atoms with E-state index in [2.05, 4.69) is 0 Å². The smallest absolute Gasteiger partial charge is 0.318 e. The fourth-order valence-electron chi connectivity index (χ4n) is 2.51. The quantitative estimate of drug-likeness (QED) is 0.603. The molecule has 0 aliphatic carbocycles. The van der Waals surface area contributed by atoms with Crippen LogP contribution in [0.1, 0.15) is 23.0 Å². The molecule has 0 heterocycles. The first kappa shape index (κ1) is 19.1. The molecule has 0 aliphatic heterocycles. The highest BCUT2D eigenvalue weighted by Gasteiger charge is 2.43. The molecule has 2 atom stereocenters. The third-order valence-corrected chi connectivity index (χ3v) is 3.64. The van der Waals surface area contributed by atoms with E-state index < -0.39 is 64.0 Å². The summed E-state index contributed by atoms with van der Waals surface area (Å²) in [6.45, 7) is 0. The van der Waals surface area contributed by atoms with Crippen molar-refractivity contribution >= 4 is 17.7 Å². The van der Waals surface area contributed by atoms with Gasteiger partial charge in [-0.25, -0.2) is 17.6 Å². The molecule has 2 aromatic rings. The molecule has 26 heavy (non-hydrogen) atoms. The topological polar surface area (TPSA) is 91.7 Å². The number of ketones is 1. The van der Waals surface area contributed by atoms with Crippen LogP contribution in [0.25, 0.3) is 0 Å². The molecule has 0 bridgehead atoms. The Balaban J connectivity index is 2.67. The van der Waals surface area contributed by atoms with Gasteiger partial charge in [0, 0.05) is 11.1 Å². The van der Waals surface area contributed by atoms with E-state index in [4.69, 9.17) is 0 Å². The number of carboxylic acid groups (broad SMARTS) is 2. The van der Waals surface area contributed by atoms with E-state index in [0.717, 1.165) is 12.1 Å². The molecular formula is C17H10F4O5. The van der Waals surface area contributed by atoms with Gasteiger partial charge in [0.05, 0.1) is 0 Å². The van der Waals surface area contributed by atoms with E-state index in [9.17, 15) is 42.2 Å². The second kappa shape index (κ2) is 7.34. The lowest BCUT2D eigenvalue weighted by Crippen LogP contribution is -2.33. The number of aliphatic carboxylic acids is 2. The SMILES string of the molecule is O=C(O)C(C(=O)C(C(=O)O)c1c(F)cccc1F)c1c(F)cccc1F. The lowest BCUT2D eigenvalue weighted by Gasteiger charge is -2.19. The van der Waals surface area contributed by atoms with Crippen molar-refractivity contribution in [1.29, 1.82) is 0 Å². The maximum atomic E-state index is 13.9. The molecular weight excluding hydrogens is 360 g/mol. The van der Waals surface area contributed by atoms with Crippen LogP contribution in [0, 0.1) is 23.3 Å². The van der Waals surface area contributed by atoms with Gasteiger partial charge in [0.15, 0.2) is 5.78 Å². The van der Waals surface area contributed by atoms with Crippen molar-refractivity contribution < 1.29 is 42.2 Å². The third kappa shape index (κ3) is 3.41. The zero-order chi connectivity index (χ0) is 19.6. The van der Waals surface area contributed by atoms with Crippen molar-refractivity contribution in [2.75, 3.05) is 0 Å². The Bertz CT molecular complexity index is 785. The van der Waals surface area contributed by atoms with Gasteiger partial charge in [-0.15, -0.1) is 0 Å². The molecule has 136 valence electrons. The summed E-state index contributed by atoms with van der Waals surface area (Å²) in [5.74, 6) is -16.8. The van der Waals surface area contributed by atoms with Gasteiger partial charge in [-0.3, -0.25) is 14.4 Å². The van der Waals surface area contributed by atoms with Gasteiger partial charge in [-0.2, -0.15) is 0 Å². The average Bonchev–Trinajstić information content (AvgIpc) is 2.53.